The first-order chi connectivity index (χ1) is 12.2. The highest BCUT2D eigenvalue weighted by Gasteiger charge is 2.39. The Morgan fingerprint density at radius 3 is 2.76 bits per heavy atom. The fourth-order valence-corrected chi connectivity index (χ4v) is 6.02. The van der Waals surface area contributed by atoms with Crippen molar-refractivity contribution in [1.29, 1.82) is 0 Å². The average molecular weight is 364 g/mol. The van der Waals surface area contributed by atoms with Crippen LogP contribution in [0.4, 0.5) is 9.93 Å². The van der Waals surface area contributed by atoms with Crippen molar-refractivity contribution < 1.29 is 9.53 Å². The predicted molar refractivity (Wildman–Crippen MR) is 100.0 cm³/mol. The van der Waals surface area contributed by atoms with Crippen LogP contribution in [-0.2, 0) is 11.2 Å². The monoisotopic (exact) mass is 363 g/mol. The molecule has 1 aromatic rings. The maximum Gasteiger partial charge on any atom is 0.329 e. The summed E-state index contributed by atoms with van der Waals surface area (Å²) >= 11 is 1.72. The molecule has 3 aliphatic rings. The van der Waals surface area contributed by atoms with Crippen molar-refractivity contribution in [2.75, 3.05) is 25.4 Å². The lowest BCUT2D eigenvalue weighted by Gasteiger charge is -2.38. The van der Waals surface area contributed by atoms with Crippen LogP contribution in [0.25, 0.3) is 0 Å². The van der Waals surface area contributed by atoms with Gasteiger partial charge in [-0.25, -0.2) is 14.7 Å². The van der Waals surface area contributed by atoms with Crippen LogP contribution < -0.4 is 4.90 Å². The van der Waals surface area contributed by atoms with Gasteiger partial charge in [0.25, 0.3) is 0 Å². The summed E-state index contributed by atoms with van der Waals surface area (Å²) in [5.41, 5.74) is 1.31. The normalized spacial score (nSPS) is 28.3. The number of nitrogens with zero attached hydrogens (tertiary/aromatic N) is 3. The number of hydrogen-bond donors (Lipinski definition) is 0. The van der Waals surface area contributed by atoms with Gasteiger partial charge < -0.3 is 9.64 Å². The van der Waals surface area contributed by atoms with E-state index in [-0.39, 0.29) is 6.03 Å². The van der Waals surface area contributed by atoms with E-state index in [1.807, 2.05) is 0 Å². The van der Waals surface area contributed by atoms with Crippen molar-refractivity contribution >= 4 is 22.5 Å². The van der Waals surface area contributed by atoms with Crippen LogP contribution in [0.3, 0.4) is 0 Å². The Balaban J connectivity index is 1.65. The van der Waals surface area contributed by atoms with E-state index in [0.717, 1.165) is 23.4 Å². The SMILES string of the molecule is CCC1CCc2sc(N3COCN(C)C3=O)nc2C1C1CCCCC1. The minimum absolute atomic E-state index is 0.00129. The van der Waals surface area contributed by atoms with Crippen LogP contribution in [0.1, 0.15) is 68.4 Å². The molecular formula is C19H29N3O2S. The van der Waals surface area contributed by atoms with Crippen molar-refractivity contribution in [3.05, 3.63) is 10.6 Å². The van der Waals surface area contributed by atoms with Gasteiger partial charge in [-0.15, -0.1) is 11.3 Å². The maximum absolute atomic E-state index is 12.5. The minimum Gasteiger partial charge on any atom is -0.340 e. The Labute approximate surface area is 154 Å². The van der Waals surface area contributed by atoms with Gasteiger partial charge in [-0.3, -0.25) is 0 Å². The molecule has 1 aromatic heterocycles. The molecule has 2 unspecified atom stereocenters. The molecule has 6 heteroatoms. The quantitative estimate of drug-likeness (QED) is 0.789. The Kier molecular flexibility index (Phi) is 5.00. The second-order valence-electron chi connectivity index (χ2n) is 7.81. The van der Waals surface area contributed by atoms with Gasteiger partial charge in [-0.1, -0.05) is 32.6 Å². The molecule has 25 heavy (non-hydrogen) atoms. The first kappa shape index (κ1) is 17.3. The van der Waals surface area contributed by atoms with Crippen LogP contribution >= 0.6 is 11.3 Å². The molecule has 5 nitrogen and oxygen atoms in total. The van der Waals surface area contributed by atoms with E-state index in [9.17, 15) is 4.79 Å². The van der Waals surface area contributed by atoms with E-state index in [1.165, 1.54) is 55.5 Å². The predicted octanol–water partition coefficient (Wildman–Crippen LogP) is 4.58. The number of carbonyl (C=O) groups is 1. The second-order valence-corrected chi connectivity index (χ2v) is 8.87. The lowest BCUT2D eigenvalue weighted by atomic mass is 9.68. The molecule has 0 spiro atoms. The summed E-state index contributed by atoms with van der Waals surface area (Å²) in [6.45, 7) is 3.01. The Morgan fingerprint density at radius 2 is 2.00 bits per heavy atom. The summed E-state index contributed by atoms with van der Waals surface area (Å²) in [6.07, 6.45) is 10.5. The zero-order valence-corrected chi connectivity index (χ0v) is 16.2. The number of aryl methyl sites for hydroxylation is 1. The number of carbonyl (C=O) groups excluding carboxylic acids is 1. The summed E-state index contributed by atoms with van der Waals surface area (Å²) in [4.78, 5) is 22.2. The van der Waals surface area contributed by atoms with Crippen molar-refractivity contribution in [2.24, 2.45) is 11.8 Å². The molecule has 2 heterocycles. The molecule has 0 aromatic carbocycles. The van der Waals surface area contributed by atoms with Crippen molar-refractivity contribution in [1.82, 2.24) is 9.88 Å². The van der Waals surface area contributed by atoms with E-state index in [4.69, 9.17) is 9.72 Å². The second kappa shape index (κ2) is 7.23. The average Bonchev–Trinajstić information content (AvgIpc) is 3.07. The smallest absolute Gasteiger partial charge is 0.329 e. The van der Waals surface area contributed by atoms with Crippen LogP contribution in [-0.4, -0.2) is 36.4 Å². The van der Waals surface area contributed by atoms with Crippen molar-refractivity contribution in [3.63, 3.8) is 0 Å². The van der Waals surface area contributed by atoms with Gasteiger partial charge in [-0.05, 0) is 37.5 Å². The molecule has 4 rings (SSSR count). The first-order valence-corrected chi connectivity index (χ1v) is 10.6. The van der Waals surface area contributed by atoms with Crippen LogP contribution in [0, 0.1) is 11.8 Å². The molecule has 1 saturated carbocycles. The number of aromatic nitrogens is 1. The lowest BCUT2D eigenvalue weighted by molar-refractivity contribution is 0.0361. The van der Waals surface area contributed by atoms with Crippen LogP contribution in [0.5, 0.6) is 0 Å². The number of thiazole rings is 1. The largest absolute Gasteiger partial charge is 0.340 e. The maximum atomic E-state index is 12.5. The third-order valence-corrected chi connectivity index (χ3v) is 7.41. The van der Waals surface area contributed by atoms with E-state index in [0.29, 0.717) is 19.4 Å². The van der Waals surface area contributed by atoms with Gasteiger partial charge in [0.2, 0.25) is 0 Å². The molecule has 1 aliphatic heterocycles. The number of fused-ring (bicyclic) bond motifs is 1. The summed E-state index contributed by atoms with van der Waals surface area (Å²) in [7, 11) is 1.78. The number of rotatable bonds is 3. The number of anilines is 1. The Hall–Kier alpha value is -1.14. The highest BCUT2D eigenvalue weighted by atomic mass is 32.1. The number of amides is 2. The molecule has 2 amide bonds. The number of urea groups is 1. The zero-order valence-electron chi connectivity index (χ0n) is 15.4. The third-order valence-electron chi connectivity index (χ3n) is 6.26. The topological polar surface area (TPSA) is 45.7 Å². The molecule has 1 saturated heterocycles. The standard InChI is InChI=1S/C19H29N3O2S/c1-3-13-9-10-15-17(16(13)14-7-5-4-6-8-14)20-18(25-15)22-12-24-11-21(2)19(22)23/h13-14,16H,3-12H2,1-2H3. The summed E-state index contributed by atoms with van der Waals surface area (Å²) in [6, 6.07) is -0.00129. The number of hydrogen-bond acceptors (Lipinski definition) is 4. The third kappa shape index (κ3) is 3.19. The lowest BCUT2D eigenvalue weighted by Crippen LogP contribution is -2.48. The highest BCUT2D eigenvalue weighted by molar-refractivity contribution is 7.16. The van der Waals surface area contributed by atoms with E-state index in [2.05, 4.69) is 6.92 Å². The molecule has 2 fully saturated rings. The van der Waals surface area contributed by atoms with Gasteiger partial charge in [0.05, 0.1) is 5.69 Å². The Bertz CT molecular complexity index is 626. The van der Waals surface area contributed by atoms with E-state index < -0.39 is 0 Å². The molecule has 0 N–H and O–H groups in total. The van der Waals surface area contributed by atoms with Crippen molar-refractivity contribution in [3.8, 4) is 0 Å². The van der Waals surface area contributed by atoms with Crippen molar-refractivity contribution in [2.45, 2.75) is 64.2 Å². The van der Waals surface area contributed by atoms with Gasteiger partial charge in [0, 0.05) is 17.8 Å². The zero-order chi connectivity index (χ0) is 17.4. The summed E-state index contributed by atoms with van der Waals surface area (Å²) < 4.78 is 5.53. The van der Waals surface area contributed by atoms with E-state index in [1.54, 1.807) is 28.2 Å². The van der Waals surface area contributed by atoms with E-state index >= 15 is 0 Å². The van der Waals surface area contributed by atoms with Gasteiger partial charge in [-0.2, -0.15) is 0 Å². The van der Waals surface area contributed by atoms with Gasteiger partial charge in [0.1, 0.15) is 13.5 Å². The van der Waals surface area contributed by atoms with Crippen LogP contribution in [0.15, 0.2) is 0 Å². The van der Waals surface area contributed by atoms with Gasteiger partial charge in [0.15, 0.2) is 5.13 Å². The minimum atomic E-state index is -0.00129. The fraction of sp³-hybridized carbons (Fsp3) is 0.789. The first-order valence-electron chi connectivity index (χ1n) is 9.79. The van der Waals surface area contributed by atoms with Gasteiger partial charge >= 0.3 is 6.03 Å². The highest BCUT2D eigenvalue weighted by Crippen LogP contribution is 2.49. The molecule has 0 radical (unpaired) electrons. The molecule has 0 bridgehead atoms. The number of ether oxygens (including phenoxy) is 1. The molecule has 2 aliphatic carbocycles. The van der Waals surface area contributed by atoms with Crippen LogP contribution in [0.2, 0.25) is 0 Å². The summed E-state index contributed by atoms with van der Waals surface area (Å²) in [5, 5.41) is 0.833. The molecule has 2 atom stereocenters. The molecule has 138 valence electrons. The fourth-order valence-electron chi connectivity index (χ4n) is 4.91. The Morgan fingerprint density at radius 1 is 1.20 bits per heavy atom. The summed E-state index contributed by atoms with van der Waals surface area (Å²) in [5.74, 6) is 2.13. The molecular weight excluding hydrogens is 334 g/mol.